The lowest BCUT2D eigenvalue weighted by Gasteiger charge is -2.23. The first-order chi connectivity index (χ1) is 12.2. The Labute approximate surface area is 152 Å². The van der Waals surface area contributed by atoms with Gasteiger partial charge in [0, 0.05) is 30.8 Å². The van der Waals surface area contributed by atoms with Crippen LogP contribution in [0.4, 0.5) is 26.3 Å². The van der Waals surface area contributed by atoms with Crippen molar-refractivity contribution < 1.29 is 44.9 Å². The number of carbonyl (C=O) groups is 2. The van der Waals surface area contributed by atoms with Gasteiger partial charge < -0.3 is 10.5 Å². The minimum Gasteiger partial charge on any atom is -0.453 e. The second kappa shape index (κ2) is 9.22. The lowest BCUT2D eigenvalue weighted by atomic mass is 10.2. The van der Waals surface area contributed by atoms with Crippen LogP contribution in [-0.4, -0.2) is 52.1 Å². The summed E-state index contributed by atoms with van der Waals surface area (Å²) in [4.78, 5) is 22.9. The van der Waals surface area contributed by atoms with Crippen LogP contribution in [0.2, 0.25) is 0 Å². The zero-order valence-electron chi connectivity index (χ0n) is 14.1. The molecule has 1 rings (SSSR count). The predicted octanol–water partition coefficient (Wildman–Crippen LogP) is 2.70. The maximum atomic E-state index is 13.0. The maximum absolute atomic E-state index is 13.0. The molecule has 1 aliphatic heterocycles. The van der Waals surface area contributed by atoms with Gasteiger partial charge in [-0.25, -0.2) is 4.21 Å². The Morgan fingerprint density at radius 2 is 1.89 bits per heavy atom. The van der Waals surface area contributed by atoms with Crippen LogP contribution in [0.3, 0.4) is 0 Å². The zero-order chi connectivity index (χ0) is 20.9. The molecule has 0 fully saturated rings. The Balaban J connectivity index is 2.59. The molecule has 13 heteroatoms. The van der Waals surface area contributed by atoms with Gasteiger partial charge in [-0.15, -0.1) is 0 Å². The Morgan fingerprint density at radius 3 is 2.41 bits per heavy atom. The molecule has 0 aromatic carbocycles. The molecule has 0 radical (unpaired) electrons. The van der Waals surface area contributed by atoms with Gasteiger partial charge in [-0.05, 0) is 19.3 Å². The molecule has 0 saturated carbocycles. The number of ether oxygens (including phenoxy) is 1. The molecule has 0 saturated heterocycles. The summed E-state index contributed by atoms with van der Waals surface area (Å²) in [6.07, 6.45) is -15.2. The molecule has 2 N–H and O–H groups in total. The smallest absolute Gasteiger partial charge is 0.425 e. The highest BCUT2D eigenvalue weighted by atomic mass is 32.2. The number of esters is 1. The van der Waals surface area contributed by atoms with Gasteiger partial charge in [0.1, 0.15) is 0 Å². The van der Waals surface area contributed by atoms with Gasteiger partial charge >= 0.3 is 18.3 Å². The molecule has 27 heavy (non-hydrogen) atoms. The summed E-state index contributed by atoms with van der Waals surface area (Å²) in [6.45, 7) is 0. The third-order valence-corrected chi connectivity index (χ3v) is 6.01. The van der Waals surface area contributed by atoms with Crippen LogP contribution >= 0.6 is 0 Å². The number of carbonyl (C=O) groups excluding carboxylic acids is 2. The van der Waals surface area contributed by atoms with Crippen LogP contribution in [0.25, 0.3) is 0 Å². The third-order valence-electron chi connectivity index (χ3n) is 3.75. The van der Waals surface area contributed by atoms with E-state index in [2.05, 4.69) is 9.10 Å². The highest BCUT2D eigenvalue weighted by Crippen LogP contribution is 2.28. The molecule has 6 nitrogen and oxygen atoms in total. The molecular weight excluding hydrogens is 406 g/mol. The molecular formula is C14H20F6N2O4S. The van der Waals surface area contributed by atoms with Gasteiger partial charge in [0.25, 0.3) is 5.91 Å². The molecule has 1 aliphatic rings. The van der Waals surface area contributed by atoms with Crippen molar-refractivity contribution in [3.05, 3.63) is 0 Å². The van der Waals surface area contributed by atoms with Crippen LogP contribution < -0.4 is 5.73 Å². The van der Waals surface area contributed by atoms with Crippen molar-refractivity contribution in [3.63, 3.8) is 0 Å². The average molecular weight is 426 g/mol. The van der Waals surface area contributed by atoms with Crippen molar-refractivity contribution in [1.29, 1.82) is 0 Å². The van der Waals surface area contributed by atoms with Crippen molar-refractivity contribution in [2.45, 2.75) is 63.0 Å². The van der Waals surface area contributed by atoms with Gasteiger partial charge in [0.2, 0.25) is 0 Å². The predicted molar refractivity (Wildman–Crippen MR) is 83.0 cm³/mol. The van der Waals surface area contributed by atoms with E-state index in [0.717, 1.165) is 0 Å². The fourth-order valence-corrected chi connectivity index (χ4v) is 4.31. The fourth-order valence-electron chi connectivity index (χ4n) is 2.25. The minimum absolute atomic E-state index is 0.0246. The lowest BCUT2D eigenvalue weighted by molar-refractivity contribution is -0.221. The quantitative estimate of drug-likeness (QED) is 0.366. The molecule has 1 heterocycles. The van der Waals surface area contributed by atoms with Crippen molar-refractivity contribution >= 4 is 21.6 Å². The van der Waals surface area contributed by atoms with E-state index in [1.807, 2.05) is 0 Å². The number of rotatable bonds is 8. The SMILES string of the molecule is N[C@H]1CC[S@@](=O)(CC[C@@H](OC(=O)CCCCC(F)(F)F)C(F)(F)F)=NC1=O. The van der Waals surface area contributed by atoms with Crippen molar-refractivity contribution in [2.24, 2.45) is 10.1 Å². The molecule has 0 aliphatic carbocycles. The summed E-state index contributed by atoms with van der Waals surface area (Å²) in [5.41, 5.74) is 5.39. The van der Waals surface area contributed by atoms with Crippen LogP contribution in [-0.2, 0) is 24.1 Å². The van der Waals surface area contributed by atoms with E-state index >= 15 is 0 Å². The summed E-state index contributed by atoms with van der Waals surface area (Å²) in [6, 6.07) is -0.937. The third kappa shape index (κ3) is 8.91. The second-order valence-electron chi connectivity index (χ2n) is 6.14. The monoisotopic (exact) mass is 426 g/mol. The number of unbranched alkanes of at least 4 members (excludes halogenated alkanes) is 1. The summed E-state index contributed by atoms with van der Waals surface area (Å²) in [5, 5.41) is 0. The summed E-state index contributed by atoms with van der Waals surface area (Å²) in [5.74, 6) is -2.91. The van der Waals surface area contributed by atoms with E-state index in [1.54, 1.807) is 0 Å². The maximum Gasteiger partial charge on any atom is 0.425 e. The summed E-state index contributed by atoms with van der Waals surface area (Å²) >= 11 is 0. The zero-order valence-corrected chi connectivity index (χ0v) is 15.0. The Kier molecular flexibility index (Phi) is 8.08. The van der Waals surface area contributed by atoms with Crippen molar-refractivity contribution in [3.8, 4) is 0 Å². The van der Waals surface area contributed by atoms with E-state index in [4.69, 9.17) is 5.73 Å². The van der Waals surface area contributed by atoms with Gasteiger partial charge in [-0.2, -0.15) is 30.7 Å². The van der Waals surface area contributed by atoms with Crippen LogP contribution in [0.1, 0.15) is 38.5 Å². The number of alkyl halides is 6. The average Bonchev–Trinajstić information content (AvgIpc) is 2.50. The van der Waals surface area contributed by atoms with E-state index in [0.29, 0.717) is 0 Å². The Bertz CT molecular complexity index is 655. The van der Waals surface area contributed by atoms with E-state index in [9.17, 15) is 40.1 Å². The normalized spacial score (nSPS) is 25.0. The highest BCUT2D eigenvalue weighted by molar-refractivity contribution is 7.93. The summed E-state index contributed by atoms with van der Waals surface area (Å²) < 4.78 is 95.0. The van der Waals surface area contributed by atoms with Gasteiger partial charge in [0.15, 0.2) is 6.10 Å². The molecule has 0 spiro atoms. The molecule has 0 aromatic heterocycles. The molecule has 0 unspecified atom stereocenters. The Morgan fingerprint density at radius 1 is 1.26 bits per heavy atom. The first kappa shape index (κ1) is 23.7. The first-order valence-electron chi connectivity index (χ1n) is 8.07. The molecule has 0 aromatic rings. The largest absolute Gasteiger partial charge is 0.453 e. The molecule has 158 valence electrons. The minimum atomic E-state index is -4.95. The fraction of sp³-hybridized carbons (Fsp3) is 0.857. The van der Waals surface area contributed by atoms with Gasteiger partial charge in [-0.1, -0.05) is 0 Å². The number of nitrogens with two attached hydrogens (primary N) is 1. The summed E-state index contributed by atoms with van der Waals surface area (Å²) in [7, 11) is -3.22. The number of halogens is 6. The molecule has 1 amide bonds. The van der Waals surface area contributed by atoms with Crippen LogP contribution in [0.5, 0.6) is 0 Å². The van der Waals surface area contributed by atoms with E-state index < -0.39 is 77.5 Å². The number of hydrogen-bond acceptors (Lipinski definition) is 5. The number of nitrogens with zero attached hydrogens (tertiary/aromatic N) is 1. The van der Waals surface area contributed by atoms with Crippen molar-refractivity contribution in [2.75, 3.05) is 11.5 Å². The van der Waals surface area contributed by atoms with Crippen molar-refractivity contribution in [1.82, 2.24) is 0 Å². The molecule has 0 bridgehead atoms. The first-order valence-corrected chi connectivity index (χ1v) is 9.92. The van der Waals surface area contributed by atoms with Gasteiger partial charge in [0.05, 0.1) is 15.8 Å². The van der Waals surface area contributed by atoms with E-state index in [-0.39, 0.29) is 18.6 Å². The van der Waals surface area contributed by atoms with Crippen LogP contribution in [0.15, 0.2) is 4.36 Å². The molecule has 3 atom stereocenters. The van der Waals surface area contributed by atoms with Gasteiger partial charge in [-0.3, -0.25) is 9.59 Å². The Hall–Kier alpha value is -1.37. The number of amides is 1. The second-order valence-corrected chi connectivity index (χ2v) is 8.68. The highest BCUT2D eigenvalue weighted by Gasteiger charge is 2.43. The van der Waals surface area contributed by atoms with Crippen LogP contribution in [0, 0.1) is 0 Å². The van der Waals surface area contributed by atoms with E-state index in [1.165, 1.54) is 0 Å². The standard InChI is InChI=1S/C14H20F6N2O4S/c15-13(16,17)6-2-1-3-11(23)26-10(14(18,19)20)5-8-27(25)7-4-9(21)12(24)22-27/h9-10H,1-8,21H2/t9-,10+,27+/m0/s1. The lowest BCUT2D eigenvalue weighted by Crippen LogP contribution is -2.39. The number of hydrogen-bond donors (Lipinski definition) is 1. The topological polar surface area (TPSA) is 98.8 Å².